The van der Waals surface area contributed by atoms with Gasteiger partial charge in [0.25, 0.3) is 11.8 Å². The number of amides is 2. The Kier molecular flexibility index (Phi) is 4.21. The maximum Gasteiger partial charge on any atom is 0.266 e. The fraction of sp³-hybridized carbons (Fsp3) is 0.300. The summed E-state index contributed by atoms with van der Waals surface area (Å²) < 4.78 is 5.76. The van der Waals surface area contributed by atoms with Crippen molar-refractivity contribution in [1.29, 1.82) is 0 Å². The first-order valence-electron chi connectivity index (χ1n) is 8.63. The van der Waals surface area contributed by atoms with Gasteiger partial charge in [0.15, 0.2) is 0 Å². The predicted octanol–water partition coefficient (Wildman–Crippen LogP) is 3.75. The summed E-state index contributed by atoms with van der Waals surface area (Å²) in [5, 5.41) is 0.514. The topological polar surface area (TPSA) is 49.9 Å². The van der Waals surface area contributed by atoms with Crippen molar-refractivity contribution in [3.63, 3.8) is 0 Å². The van der Waals surface area contributed by atoms with Gasteiger partial charge in [0.2, 0.25) is 0 Å². The third kappa shape index (κ3) is 2.77. The molecule has 5 nitrogen and oxygen atoms in total. The first kappa shape index (κ1) is 17.1. The van der Waals surface area contributed by atoms with Crippen LogP contribution in [0, 0.1) is 0 Å². The highest BCUT2D eigenvalue weighted by Crippen LogP contribution is 2.35. The van der Waals surface area contributed by atoms with E-state index in [0.717, 1.165) is 18.8 Å². The van der Waals surface area contributed by atoms with Gasteiger partial charge in [-0.05, 0) is 44.2 Å². The summed E-state index contributed by atoms with van der Waals surface area (Å²) in [7, 11) is 0. The van der Waals surface area contributed by atoms with E-state index in [1.165, 1.54) is 4.90 Å². The van der Waals surface area contributed by atoms with Crippen LogP contribution in [0.1, 0.15) is 34.6 Å². The van der Waals surface area contributed by atoms with E-state index >= 15 is 0 Å². The Labute approximate surface area is 157 Å². The van der Waals surface area contributed by atoms with Crippen molar-refractivity contribution in [1.82, 2.24) is 0 Å². The molecule has 134 valence electrons. The summed E-state index contributed by atoms with van der Waals surface area (Å²) in [6, 6.07) is 12.2. The van der Waals surface area contributed by atoms with Gasteiger partial charge in [-0.25, -0.2) is 4.90 Å². The summed E-state index contributed by atoms with van der Waals surface area (Å²) in [6.07, 6.45) is 0.233. The lowest BCUT2D eigenvalue weighted by atomic mass is 10.1. The number of benzene rings is 2. The molecule has 2 atom stereocenters. The molecule has 0 radical (unpaired) electrons. The van der Waals surface area contributed by atoms with Crippen LogP contribution in [-0.2, 0) is 4.74 Å². The molecule has 1 fully saturated rings. The second-order valence-corrected chi connectivity index (χ2v) is 7.20. The quantitative estimate of drug-likeness (QED) is 0.755. The number of anilines is 2. The van der Waals surface area contributed by atoms with Gasteiger partial charge in [0, 0.05) is 13.1 Å². The van der Waals surface area contributed by atoms with Gasteiger partial charge in [-0.2, -0.15) is 0 Å². The van der Waals surface area contributed by atoms with Crippen molar-refractivity contribution in [2.24, 2.45) is 0 Å². The molecule has 0 aliphatic carbocycles. The Morgan fingerprint density at radius 2 is 1.54 bits per heavy atom. The van der Waals surface area contributed by atoms with Crippen molar-refractivity contribution in [2.75, 3.05) is 22.9 Å². The van der Waals surface area contributed by atoms with E-state index in [0.29, 0.717) is 21.8 Å². The second kappa shape index (κ2) is 6.41. The van der Waals surface area contributed by atoms with Crippen LogP contribution >= 0.6 is 11.6 Å². The van der Waals surface area contributed by atoms with Crippen LogP contribution < -0.4 is 9.80 Å². The van der Waals surface area contributed by atoms with Gasteiger partial charge < -0.3 is 9.64 Å². The number of imide groups is 1. The Balaban J connectivity index is 1.65. The summed E-state index contributed by atoms with van der Waals surface area (Å²) >= 11 is 6.51. The average Bonchev–Trinajstić information content (AvgIpc) is 2.85. The monoisotopic (exact) mass is 370 g/mol. The first-order valence-corrected chi connectivity index (χ1v) is 9.01. The minimum atomic E-state index is -0.317. The van der Waals surface area contributed by atoms with E-state index in [4.69, 9.17) is 16.3 Å². The zero-order valence-electron chi connectivity index (χ0n) is 14.6. The Morgan fingerprint density at radius 1 is 0.962 bits per heavy atom. The van der Waals surface area contributed by atoms with Crippen molar-refractivity contribution in [2.45, 2.75) is 26.1 Å². The molecule has 2 aromatic carbocycles. The molecule has 2 heterocycles. The van der Waals surface area contributed by atoms with Gasteiger partial charge >= 0.3 is 0 Å². The maximum absolute atomic E-state index is 12.6. The highest BCUT2D eigenvalue weighted by Gasteiger charge is 2.36. The molecule has 1 saturated heterocycles. The Morgan fingerprint density at radius 3 is 2.08 bits per heavy atom. The third-order valence-corrected chi connectivity index (χ3v) is 5.05. The number of rotatable bonds is 2. The summed E-state index contributed by atoms with van der Waals surface area (Å²) in [4.78, 5) is 28.6. The summed E-state index contributed by atoms with van der Waals surface area (Å²) in [6.45, 7) is 5.56. The number of ether oxygens (including phenoxy) is 1. The highest BCUT2D eigenvalue weighted by molar-refractivity contribution is 6.36. The van der Waals surface area contributed by atoms with E-state index in [9.17, 15) is 9.59 Å². The fourth-order valence-corrected chi connectivity index (χ4v) is 3.98. The van der Waals surface area contributed by atoms with E-state index in [2.05, 4.69) is 4.90 Å². The molecule has 26 heavy (non-hydrogen) atoms. The van der Waals surface area contributed by atoms with Crippen molar-refractivity contribution < 1.29 is 14.3 Å². The van der Waals surface area contributed by atoms with Gasteiger partial charge in [0.1, 0.15) is 0 Å². The standard InChI is InChI=1S/C20H19ClN2O3/c1-12-10-22(11-13(2)26-12)18-8-7-14(9-17(18)21)23-19(24)15-5-3-4-6-16(15)20(23)25/h3-9,12-13H,10-11H2,1-2H3. The first-order chi connectivity index (χ1) is 12.5. The third-order valence-electron chi connectivity index (χ3n) is 4.74. The zero-order valence-corrected chi connectivity index (χ0v) is 15.4. The Hall–Kier alpha value is -2.37. The molecule has 2 aliphatic heterocycles. The van der Waals surface area contributed by atoms with Crippen LogP contribution in [0.2, 0.25) is 5.02 Å². The molecule has 2 unspecified atom stereocenters. The molecule has 0 spiro atoms. The smallest absolute Gasteiger partial charge is 0.266 e. The minimum Gasteiger partial charge on any atom is -0.372 e. The number of nitrogens with zero attached hydrogens (tertiary/aromatic N) is 2. The zero-order chi connectivity index (χ0) is 18.4. The summed E-state index contributed by atoms with van der Waals surface area (Å²) in [5.41, 5.74) is 2.22. The highest BCUT2D eigenvalue weighted by atomic mass is 35.5. The van der Waals surface area contributed by atoms with Crippen LogP contribution in [0.5, 0.6) is 0 Å². The van der Waals surface area contributed by atoms with Crippen molar-refractivity contribution in [3.05, 3.63) is 58.6 Å². The molecular weight excluding hydrogens is 352 g/mol. The number of carbonyl (C=O) groups excluding carboxylic acids is 2. The number of carbonyl (C=O) groups is 2. The number of morpholine rings is 1. The van der Waals surface area contributed by atoms with E-state index < -0.39 is 0 Å². The number of fused-ring (bicyclic) bond motifs is 1. The molecule has 2 aromatic rings. The van der Waals surface area contributed by atoms with E-state index in [1.54, 1.807) is 36.4 Å². The number of halogens is 1. The molecular formula is C20H19ClN2O3. The fourth-order valence-electron chi connectivity index (χ4n) is 3.69. The van der Waals surface area contributed by atoms with Crippen LogP contribution in [-0.4, -0.2) is 37.1 Å². The Bertz CT molecular complexity index is 853. The molecule has 0 bridgehead atoms. The molecule has 2 amide bonds. The second-order valence-electron chi connectivity index (χ2n) is 6.79. The lowest BCUT2D eigenvalue weighted by Crippen LogP contribution is -2.45. The van der Waals surface area contributed by atoms with Crippen LogP contribution in [0.3, 0.4) is 0 Å². The largest absolute Gasteiger partial charge is 0.372 e. The average molecular weight is 371 g/mol. The van der Waals surface area contributed by atoms with Crippen LogP contribution in [0.4, 0.5) is 11.4 Å². The van der Waals surface area contributed by atoms with E-state index in [1.807, 2.05) is 19.9 Å². The number of hydrogen-bond acceptors (Lipinski definition) is 4. The predicted molar refractivity (Wildman–Crippen MR) is 101 cm³/mol. The minimum absolute atomic E-state index is 0.116. The SMILES string of the molecule is CC1CN(c2ccc(N3C(=O)c4ccccc4C3=O)cc2Cl)CC(C)O1. The number of hydrogen-bond donors (Lipinski definition) is 0. The molecule has 0 aromatic heterocycles. The maximum atomic E-state index is 12.6. The van der Waals surface area contributed by atoms with Crippen LogP contribution in [0.15, 0.2) is 42.5 Å². The molecule has 0 saturated carbocycles. The van der Waals surface area contributed by atoms with Crippen molar-refractivity contribution in [3.8, 4) is 0 Å². The van der Waals surface area contributed by atoms with E-state index in [-0.39, 0.29) is 24.0 Å². The van der Waals surface area contributed by atoms with Gasteiger partial charge in [0.05, 0.1) is 39.7 Å². The molecule has 0 N–H and O–H groups in total. The normalized spacial score (nSPS) is 22.7. The van der Waals surface area contributed by atoms with Crippen LogP contribution in [0.25, 0.3) is 0 Å². The molecule has 4 rings (SSSR count). The summed E-state index contributed by atoms with van der Waals surface area (Å²) in [5.74, 6) is -0.633. The lowest BCUT2D eigenvalue weighted by Gasteiger charge is -2.37. The molecule has 6 heteroatoms. The molecule has 2 aliphatic rings. The van der Waals surface area contributed by atoms with Gasteiger partial charge in [-0.3, -0.25) is 9.59 Å². The van der Waals surface area contributed by atoms with Crippen molar-refractivity contribution >= 4 is 34.8 Å². The lowest BCUT2D eigenvalue weighted by molar-refractivity contribution is -0.00521. The van der Waals surface area contributed by atoms with Gasteiger partial charge in [-0.1, -0.05) is 23.7 Å². The van der Waals surface area contributed by atoms with Gasteiger partial charge in [-0.15, -0.1) is 0 Å².